The minimum atomic E-state index is 0.222. The molecule has 0 aromatic heterocycles. The van der Waals surface area contributed by atoms with Gasteiger partial charge >= 0.3 is 0 Å². The third-order valence-corrected chi connectivity index (χ3v) is 3.92. The number of ether oxygens (including phenoxy) is 2. The highest BCUT2D eigenvalue weighted by Gasteiger charge is 2.24. The highest BCUT2D eigenvalue weighted by atomic mass is 16.5. The zero-order valence-electron chi connectivity index (χ0n) is 13.0. The summed E-state index contributed by atoms with van der Waals surface area (Å²) in [5.74, 6) is 1.76. The average Bonchev–Trinajstić information content (AvgIpc) is 2.45. The lowest BCUT2D eigenvalue weighted by Gasteiger charge is -2.37. The summed E-state index contributed by atoms with van der Waals surface area (Å²) >= 11 is 0. The molecule has 1 aromatic carbocycles. The molecule has 0 radical (unpaired) electrons. The highest BCUT2D eigenvalue weighted by Crippen LogP contribution is 2.24. The van der Waals surface area contributed by atoms with E-state index in [1.54, 1.807) is 0 Å². The Hall–Kier alpha value is -1.26. The van der Waals surface area contributed by atoms with E-state index in [9.17, 15) is 0 Å². The summed E-state index contributed by atoms with van der Waals surface area (Å²) in [6.07, 6.45) is 4.83. The maximum Gasteiger partial charge on any atom is 0.119 e. The Kier molecular flexibility index (Phi) is 6.83. The SMILES string of the molecule is CCCOc1ccc(OCCN(CCO)C2CCC2)cc1. The number of hydrogen-bond acceptors (Lipinski definition) is 4. The van der Waals surface area contributed by atoms with Crippen molar-refractivity contribution in [3.63, 3.8) is 0 Å². The van der Waals surface area contributed by atoms with E-state index >= 15 is 0 Å². The minimum Gasteiger partial charge on any atom is -0.494 e. The average molecular weight is 293 g/mol. The van der Waals surface area contributed by atoms with Crippen LogP contribution in [0.15, 0.2) is 24.3 Å². The van der Waals surface area contributed by atoms with Crippen molar-refractivity contribution in [3.8, 4) is 11.5 Å². The van der Waals surface area contributed by atoms with Gasteiger partial charge in [0.15, 0.2) is 0 Å². The Morgan fingerprint density at radius 2 is 1.67 bits per heavy atom. The molecule has 21 heavy (non-hydrogen) atoms. The van der Waals surface area contributed by atoms with Crippen molar-refractivity contribution >= 4 is 0 Å². The first-order valence-corrected chi connectivity index (χ1v) is 8.04. The summed E-state index contributed by atoms with van der Waals surface area (Å²) in [7, 11) is 0. The predicted molar refractivity (Wildman–Crippen MR) is 84.0 cm³/mol. The molecule has 0 heterocycles. The van der Waals surface area contributed by atoms with E-state index in [-0.39, 0.29) is 6.61 Å². The van der Waals surface area contributed by atoms with Crippen LogP contribution in [0.5, 0.6) is 11.5 Å². The molecule has 2 rings (SSSR count). The van der Waals surface area contributed by atoms with E-state index < -0.39 is 0 Å². The molecule has 0 spiro atoms. The van der Waals surface area contributed by atoms with Crippen molar-refractivity contribution < 1.29 is 14.6 Å². The van der Waals surface area contributed by atoms with Crippen LogP contribution >= 0.6 is 0 Å². The number of hydrogen-bond donors (Lipinski definition) is 1. The van der Waals surface area contributed by atoms with Gasteiger partial charge in [-0.15, -0.1) is 0 Å². The molecule has 4 nitrogen and oxygen atoms in total. The van der Waals surface area contributed by atoms with Crippen LogP contribution in [0.4, 0.5) is 0 Å². The molecule has 4 heteroatoms. The predicted octanol–water partition coefficient (Wildman–Crippen LogP) is 2.70. The van der Waals surface area contributed by atoms with E-state index in [1.807, 2.05) is 24.3 Å². The van der Waals surface area contributed by atoms with Gasteiger partial charge in [0, 0.05) is 19.1 Å². The normalized spacial score (nSPS) is 15.0. The number of benzene rings is 1. The summed E-state index contributed by atoms with van der Waals surface area (Å²) in [5, 5.41) is 9.13. The van der Waals surface area contributed by atoms with Crippen LogP contribution in [-0.2, 0) is 0 Å². The van der Waals surface area contributed by atoms with Gasteiger partial charge in [-0.1, -0.05) is 13.3 Å². The quantitative estimate of drug-likeness (QED) is 0.720. The van der Waals surface area contributed by atoms with E-state index in [4.69, 9.17) is 14.6 Å². The molecule has 0 aliphatic heterocycles. The Bertz CT molecular complexity index is 390. The zero-order valence-corrected chi connectivity index (χ0v) is 13.0. The first kappa shape index (κ1) is 16.1. The van der Waals surface area contributed by atoms with Crippen LogP contribution in [0.25, 0.3) is 0 Å². The molecule has 1 aliphatic rings. The molecule has 0 saturated heterocycles. The Morgan fingerprint density at radius 1 is 1.05 bits per heavy atom. The fourth-order valence-electron chi connectivity index (χ4n) is 2.49. The number of aliphatic hydroxyl groups is 1. The van der Waals surface area contributed by atoms with Crippen LogP contribution in [0.1, 0.15) is 32.6 Å². The van der Waals surface area contributed by atoms with Crippen LogP contribution in [0.3, 0.4) is 0 Å². The van der Waals surface area contributed by atoms with Gasteiger partial charge in [0.05, 0.1) is 13.2 Å². The van der Waals surface area contributed by atoms with Crippen molar-refractivity contribution in [2.45, 2.75) is 38.6 Å². The molecular formula is C17H27NO3. The van der Waals surface area contributed by atoms with E-state index in [1.165, 1.54) is 19.3 Å². The van der Waals surface area contributed by atoms with E-state index in [2.05, 4.69) is 11.8 Å². The lowest BCUT2D eigenvalue weighted by atomic mass is 9.91. The van der Waals surface area contributed by atoms with E-state index in [0.29, 0.717) is 12.6 Å². The fourth-order valence-corrected chi connectivity index (χ4v) is 2.49. The monoisotopic (exact) mass is 293 g/mol. The molecule has 0 bridgehead atoms. The molecule has 0 unspecified atom stereocenters. The van der Waals surface area contributed by atoms with Gasteiger partial charge in [0.2, 0.25) is 0 Å². The maximum absolute atomic E-state index is 9.13. The smallest absolute Gasteiger partial charge is 0.119 e. The zero-order chi connectivity index (χ0) is 14.9. The Morgan fingerprint density at radius 3 is 2.14 bits per heavy atom. The summed E-state index contributed by atoms with van der Waals surface area (Å²) in [6.45, 7) is 5.35. The van der Waals surface area contributed by atoms with Gasteiger partial charge in [0.1, 0.15) is 18.1 Å². The maximum atomic E-state index is 9.13. The van der Waals surface area contributed by atoms with Gasteiger partial charge in [-0.05, 0) is 43.5 Å². The first-order valence-electron chi connectivity index (χ1n) is 8.04. The molecule has 1 aromatic rings. The highest BCUT2D eigenvalue weighted by molar-refractivity contribution is 5.31. The topological polar surface area (TPSA) is 41.9 Å². The second kappa shape index (κ2) is 8.90. The largest absolute Gasteiger partial charge is 0.494 e. The summed E-state index contributed by atoms with van der Waals surface area (Å²) < 4.78 is 11.3. The minimum absolute atomic E-state index is 0.222. The van der Waals surface area contributed by atoms with Crippen molar-refractivity contribution in [1.82, 2.24) is 4.90 Å². The van der Waals surface area contributed by atoms with Crippen molar-refractivity contribution in [2.24, 2.45) is 0 Å². The summed E-state index contributed by atoms with van der Waals surface area (Å²) in [4.78, 5) is 2.34. The van der Waals surface area contributed by atoms with Crippen molar-refractivity contribution in [3.05, 3.63) is 24.3 Å². The van der Waals surface area contributed by atoms with Crippen molar-refractivity contribution in [1.29, 1.82) is 0 Å². The van der Waals surface area contributed by atoms with Gasteiger partial charge in [-0.3, -0.25) is 4.90 Å². The fraction of sp³-hybridized carbons (Fsp3) is 0.647. The lowest BCUT2D eigenvalue weighted by Crippen LogP contribution is -2.43. The second-order valence-corrected chi connectivity index (χ2v) is 5.51. The molecule has 1 saturated carbocycles. The number of aliphatic hydroxyl groups excluding tert-OH is 1. The van der Waals surface area contributed by atoms with Gasteiger partial charge < -0.3 is 14.6 Å². The first-order chi connectivity index (χ1) is 10.3. The summed E-state index contributed by atoms with van der Waals surface area (Å²) in [6, 6.07) is 8.44. The lowest BCUT2D eigenvalue weighted by molar-refractivity contribution is 0.0860. The molecule has 118 valence electrons. The van der Waals surface area contributed by atoms with E-state index in [0.717, 1.165) is 37.6 Å². The molecule has 0 amide bonds. The van der Waals surface area contributed by atoms with Gasteiger partial charge in [-0.2, -0.15) is 0 Å². The molecule has 1 N–H and O–H groups in total. The third-order valence-electron chi connectivity index (χ3n) is 3.92. The van der Waals surface area contributed by atoms with Crippen LogP contribution in [-0.4, -0.2) is 49.0 Å². The molecule has 1 fully saturated rings. The van der Waals surface area contributed by atoms with Gasteiger partial charge in [-0.25, -0.2) is 0 Å². The van der Waals surface area contributed by atoms with Crippen LogP contribution in [0.2, 0.25) is 0 Å². The van der Waals surface area contributed by atoms with Crippen LogP contribution < -0.4 is 9.47 Å². The molecule has 1 aliphatic carbocycles. The second-order valence-electron chi connectivity index (χ2n) is 5.51. The van der Waals surface area contributed by atoms with Crippen molar-refractivity contribution in [2.75, 3.05) is 32.9 Å². The standard InChI is InChI=1S/C17H27NO3/c1-2-13-20-16-6-8-17(9-7-16)21-14-11-18(10-12-19)15-4-3-5-15/h6-9,15,19H,2-5,10-14H2,1H3. The number of nitrogens with zero attached hydrogens (tertiary/aromatic N) is 1. The molecule has 0 atom stereocenters. The third kappa shape index (κ3) is 5.21. The Balaban J connectivity index is 1.71. The molecular weight excluding hydrogens is 266 g/mol. The van der Waals surface area contributed by atoms with Gasteiger partial charge in [0.25, 0.3) is 0 Å². The number of rotatable bonds is 10. The van der Waals surface area contributed by atoms with Crippen LogP contribution in [0, 0.1) is 0 Å². The summed E-state index contributed by atoms with van der Waals surface area (Å²) in [5.41, 5.74) is 0. The Labute approximate surface area is 127 Å².